The van der Waals surface area contributed by atoms with E-state index < -0.39 is 4.92 Å². The van der Waals surface area contributed by atoms with Gasteiger partial charge in [0.1, 0.15) is 17.8 Å². The van der Waals surface area contributed by atoms with E-state index in [1.807, 2.05) is 6.07 Å². The average Bonchev–Trinajstić information content (AvgIpc) is 2.60. The number of hydrogen-bond donors (Lipinski definition) is 0. The minimum atomic E-state index is -0.578. The molecule has 0 amide bonds. The van der Waals surface area contributed by atoms with Crippen LogP contribution in [-0.4, -0.2) is 30.6 Å². The first-order valence-corrected chi connectivity index (χ1v) is 7.56. The highest BCUT2D eigenvalue weighted by Crippen LogP contribution is 2.34. The third kappa shape index (κ3) is 3.44. The van der Waals surface area contributed by atoms with Crippen LogP contribution in [0.1, 0.15) is 30.9 Å². The Kier molecular flexibility index (Phi) is 5.33. The molecule has 0 radical (unpaired) electrons. The maximum Gasteiger partial charge on any atom is 0.310 e. The van der Waals surface area contributed by atoms with E-state index >= 15 is 0 Å². The lowest BCUT2D eigenvalue weighted by atomic mass is 9.96. The summed E-state index contributed by atoms with van der Waals surface area (Å²) in [5.74, 6) is -0.682. The predicted octanol–water partition coefficient (Wildman–Crippen LogP) is 2.12. The van der Waals surface area contributed by atoms with Crippen molar-refractivity contribution < 1.29 is 14.5 Å². The molecule has 0 aliphatic carbocycles. The van der Waals surface area contributed by atoms with Crippen molar-refractivity contribution in [1.82, 2.24) is 0 Å². The largest absolute Gasteiger partial charge is 0.466 e. The van der Waals surface area contributed by atoms with Crippen LogP contribution in [0.4, 0.5) is 11.4 Å². The van der Waals surface area contributed by atoms with Crippen molar-refractivity contribution in [2.45, 2.75) is 19.8 Å². The molecule has 8 nitrogen and oxygen atoms in total. The third-order valence-corrected chi connectivity index (χ3v) is 3.93. The topological polar surface area (TPSA) is 120 Å². The fourth-order valence-electron chi connectivity index (χ4n) is 2.81. The molecule has 1 aliphatic heterocycles. The van der Waals surface area contributed by atoms with Gasteiger partial charge in [0.15, 0.2) is 0 Å². The van der Waals surface area contributed by atoms with Crippen molar-refractivity contribution in [2.24, 2.45) is 5.92 Å². The number of anilines is 1. The smallest absolute Gasteiger partial charge is 0.310 e. The number of nitrogens with zero attached hydrogens (tertiary/aromatic N) is 4. The van der Waals surface area contributed by atoms with Gasteiger partial charge in [-0.2, -0.15) is 10.5 Å². The minimum absolute atomic E-state index is 0.0353. The molecule has 0 saturated carbocycles. The fourth-order valence-corrected chi connectivity index (χ4v) is 2.81. The van der Waals surface area contributed by atoms with Crippen molar-refractivity contribution in [3.8, 4) is 12.1 Å². The van der Waals surface area contributed by atoms with Crippen LogP contribution in [-0.2, 0) is 9.53 Å². The van der Waals surface area contributed by atoms with E-state index in [-0.39, 0.29) is 47.5 Å². The summed E-state index contributed by atoms with van der Waals surface area (Å²) in [6.45, 7) is 2.83. The zero-order chi connectivity index (χ0) is 17.7. The van der Waals surface area contributed by atoms with Crippen LogP contribution < -0.4 is 4.90 Å². The second-order valence-corrected chi connectivity index (χ2v) is 5.40. The monoisotopic (exact) mass is 328 g/mol. The number of ether oxygens (including phenoxy) is 1. The summed E-state index contributed by atoms with van der Waals surface area (Å²) >= 11 is 0. The van der Waals surface area contributed by atoms with Crippen molar-refractivity contribution in [1.29, 1.82) is 10.5 Å². The van der Waals surface area contributed by atoms with Crippen LogP contribution in [0.2, 0.25) is 0 Å². The first-order chi connectivity index (χ1) is 11.5. The van der Waals surface area contributed by atoms with Crippen LogP contribution in [0.3, 0.4) is 0 Å². The van der Waals surface area contributed by atoms with Crippen LogP contribution in [0, 0.1) is 38.7 Å². The molecule has 1 fully saturated rings. The van der Waals surface area contributed by atoms with Crippen molar-refractivity contribution >= 4 is 17.3 Å². The van der Waals surface area contributed by atoms with Gasteiger partial charge in [-0.15, -0.1) is 0 Å². The van der Waals surface area contributed by atoms with Crippen LogP contribution in [0.15, 0.2) is 12.1 Å². The summed E-state index contributed by atoms with van der Waals surface area (Å²) in [5.41, 5.74) is 0.0582. The van der Waals surface area contributed by atoms with Crippen molar-refractivity contribution in [3.05, 3.63) is 33.4 Å². The van der Waals surface area contributed by atoms with Gasteiger partial charge in [0, 0.05) is 19.2 Å². The van der Waals surface area contributed by atoms with E-state index in [9.17, 15) is 14.9 Å². The highest BCUT2D eigenvalue weighted by atomic mass is 16.6. The highest BCUT2D eigenvalue weighted by Gasteiger charge is 2.31. The lowest BCUT2D eigenvalue weighted by molar-refractivity contribution is -0.384. The zero-order valence-corrected chi connectivity index (χ0v) is 13.2. The van der Waals surface area contributed by atoms with Gasteiger partial charge >= 0.3 is 5.97 Å². The van der Waals surface area contributed by atoms with E-state index in [0.29, 0.717) is 19.4 Å². The third-order valence-electron chi connectivity index (χ3n) is 3.93. The Morgan fingerprint density at radius 3 is 2.67 bits per heavy atom. The number of nitro groups is 1. The first-order valence-electron chi connectivity index (χ1n) is 7.56. The van der Waals surface area contributed by atoms with Crippen LogP contribution >= 0.6 is 0 Å². The number of piperidine rings is 1. The number of rotatable bonds is 4. The Balaban J connectivity index is 2.40. The van der Waals surface area contributed by atoms with Gasteiger partial charge in [0.2, 0.25) is 0 Å². The molecule has 0 aromatic heterocycles. The number of carbonyl (C=O) groups excluding carboxylic acids is 1. The van der Waals surface area contributed by atoms with Crippen molar-refractivity contribution in [2.75, 3.05) is 24.6 Å². The molecule has 0 spiro atoms. The minimum Gasteiger partial charge on any atom is -0.466 e. The summed E-state index contributed by atoms with van der Waals surface area (Å²) in [7, 11) is 0. The lowest BCUT2D eigenvalue weighted by Gasteiger charge is -2.33. The fraction of sp³-hybridized carbons (Fsp3) is 0.438. The Bertz CT molecular complexity index is 748. The average molecular weight is 328 g/mol. The van der Waals surface area contributed by atoms with Gasteiger partial charge in [-0.05, 0) is 25.8 Å². The second-order valence-electron chi connectivity index (χ2n) is 5.40. The van der Waals surface area contributed by atoms with Gasteiger partial charge in [-0.1, -0.05) is 0 Å². The molecule has 24 heavy (non-hydrogen) atoms. The van der Waals surface area contributed by atoms with Gasteiger partial charge in [0.05, 0.1) is 28.6 Å². The Labute approximate surface area is 139 Å². The molecule has 1 heterocycles. The van der Waals surface area contributed by atoms with E-state index in [2.05, 4.69) is 0 Å². The molecule has 1 aromatic carbocycles. The Morgan fingerprint density at radius 2 is 2.08 bits per heavy atom. The second kappa shape index (κ2) is 7.42. The maximum atomic E-state index is 11.9. The molecule has 1 aromatic rings. The SMILES string of the molecule is CCOC(=O)C1CCCN(c2cc(C#N)c(C#N)cc2[N+](=O)[O-])C1. The molecule has 0 bridgehead atoms. The van der Waals surface area contributed by atoms with E-state index in [1.54, 1.807) is 17.9 Å². The summed E-state index contributed by atoms with van der Waals surface area (Å²) in [4.78, 5) is 24.4. The number of nitro benzene ring substituents is 1. The van der Waals surface area contributed by atoms with Gasteiger partial charge in [-0.3, -0.25) is 14.9 Å². The molecule has 124 valence electrons. The molecule has 1 atom stereocenters. The zero-order valence-electron chi connectivity index (χ0n) is 13.2. The highest BCUT2D eigenvalue weighted by molar-refractivity contribution is 5.75. The standard InChI is InChI=1S/C16H16N4O4/c1-2-24-16(21)11-4-3-5-19(10-11)14-6-12(8-17)13(9-18)7-15(14)20(22)23/h6-7,11H,2-5,10H2,1H3. The molecule has 0 N–H and O–H groups in total. The van der Waals surface area contributed by atoms with Gasteiger partial charge in [0.25, 0.3) is 5.69 Å². The molecule has 1 saturated heterocycles. The predicted molar refractivity (Wildman–Crippen MR) is 84.1 cm³/mol. The molecule has 8 heteroatoms. The number of nitriles is 2. The maximum absolute atomic E-state index is 11.9. The number of hydrogen-bond acceptors (Lipinski definition) is 7. The Hall–Kier alpha value is -3.13. The molecule has 1 unspecified atom stereocenters. The molecular formula is C16H16N4O4. The number of carbonyl (C=O) groups is 1. The van der Waals surface area contributed by atoms with Gasteiger partial charge < -0.3 is 9.64 Å². The van der Waals surface area contributed by atoms with Gasteiger partial charge in [-0.25, -0.2) is 0 Å². The summed E-state index contributed by atoms with van der Waals surface area (Å²) < 4.78 is 5.03. The Morgan fingerprint density at radius 1 is 1.42 bits per heavy atom. The van der Waals surface area contributed by atoms with E-state index in [4.69, 9.17) is 15.3 Å². The van der Waals surface area contributed by atoms with Crippen LogP contribution in [0.25, 0.3) is 0 Å². The van der Waals surface area contributed by atoms with E-state index in [0.717, 1.165) is 6.07 Å². The van der Waals surface area contributed by atoms with Crippen LogP contribution in [0.5, 0.6) is 0 Å². The molecule has 1 aliphatic rings. The summed E-state index contributed by atoms with van der Waals surface area (Å²) in [6.07, 6.45) is 1.34. The normalized spacial score (nSPS) is 16.8. The summed E-state index contributed by atoms with van der Waals surface area (Å²) in [5, 5.41) is 29.5. The quantitative estimate of drug-likeness (QED) is 0.471. The van der Waals surface area contributed by atoms with Crippen molar-refractivity contribution in [3.63, 3.8) is 0 Å². The molecular weight excluding hydrogens is 312 g/mol. The summed E-state index contributed by atoms with van der Waals surface area (Å²) in [6, 6.07) is 6.14. The first kappa shape index (κ1) is 17.2. The van der Waals surface area contributed by atoms with E-state index in [1.165, 1.54) is 6.07 Å². The number of benzene rings is 1. The number of esters is 1. The molecule has 2 rings (SSSR count). The lowest BCUT2D eigenvalue weighted by Crippen LogP contribution is -2.39.